The molecular formula is C52H56O10. The van der Waals surface area contributed by atoms with Gasteiger partial charge in [0.1, 0.15) is 40.2 Å². The van der Waals surface area contributed by atoms with Crippen molar-refractivity contribution < 1.29 is 49.0 Å². The fourth-order valence-corrected chi connectivity index (χ4v) is 6.04. The quantitative estimate of drug-likeness (QED) is 0.0626. The van der Waals surface area contributed by atoms with Crippen molar-refractivity contribution in [2.75, 3.05) is 0 Å². The molecule has 0 spiro atoms. The highest BCUT2D eigenvalue weighted by Crippen LogP contribution is 2.43. The van der Waals surface area contributed by atoms with Gasteiger partial charge in [0.2, 0.25) is 0 Å². The largest absolute Gasteiger partial charge is 0.508 e. The highest BCUT2D eigenvalue weighted by Gasteiger charge is 2.31. The first-order chi connectivity index (χ1) is 29.3. The van der Waals surface area contributed by atoms with Gasteiger partial charge in [0.05, 0.1) is 16.2 Å². The van der Waals surface area contributed by atoms with Crippen LogP contribution in [-0.2, 0) is 14.4 Å². The van der Waals surface area contributed by atoms with Gasteiger partial charge in [0, 0.05) is 43.1 Å². The van der Waals surface area contributed by atoms with Gasteiger partial charge >= 0.3 is 17.9 Å². The molecule has 0 fully saturated rings. The molecule has 10 heteroatoms. The second-order valence-corrected chi connectivity index (χ2v) is 17.1. The summed E-state index contributed by atoms with van der Waals surface area (Å²) < 4.78 is 16.7. The minimum atomic E-state index is -0.568. The third kappa shape index (κ3) is 10.0. The lowest BCUT2D eigenvalue weighted by molar-refractivity contribution is -0.144. The maximum atomic E-state index is 12.6. The first-order valence-corrected chi connectivity index (χ1v) is 20.7. The van der Waals surface area contributed by atoms with Crippen molar-refractivity contribution in [1.29, 1.82) is 0 Å². The smallest absolute Gasteiger partial charge is 0.316 e. The number of carbonyl (C=O) groups excluding carboxylic acids is 3. The molecule has 0 aliphatic heterocycles. The van der Waals surface area contributed by atoms with Crippen molar-refractivity contribution in [3.8, 4) is 40.2 Å². The summed E-state index contributed by atoms with van der Waals surface area (Å²) in [5.41, 5.74) is -1.64. The van der Waals surface area contributed by atoms with E-state index in [-0.39, 0.29) is 40.9 Å². The number of esters is 3. The van der Waals surface area contributed by atoms with Crippen molar-refractivity contribution in [2.45, 2.75) is 81.6 Å². The molecule has 0 amide bonds. The maximum Gasteiger partial charge on any atom is 0.316 e. The van der Waals surface area contributed by atoms with Gasteiger partial charge in [-0.05, 0) is 103 Å². The molecule has 324 valence electrons. The molecule has 7 aromatic carbocycles. The number of benzene rings is 7. The lowest BCUT2D eigenvalue weighted by Crippen LogP contribution is -2.28. The van der Waals surface area contributed by atoms with Crippen molar-refractivity contribution in [3.63, 3.8) is 0 Å². The van der Waals surface area contributed by atoms with E-state index in [4.69, 9.17) is 14.2 Å². The van der Waals surface area contributed by atoms with Crippen LogP contribution in [0.4, 0.5) is 0 Å². The summed E-state index contributed by atoms with van der Waals surface area (Å²) in [6.45, 7) is 17.0. The van der Waals surface area contributed by atoms with Crippen molar-refractivity contribution >= 4 is 61.0 Å². The van der Waals surface area contributed by atoms with Gasteiger partial charge in [-0.2, -0.15) is 0 Å². The van der Waals surface area contributed by atoms with E-state index in [9.17, 15) is 34.8 Å². The molecule has 0 aliphatic rings. The van der Waals surface area contributed by atoms with Crippen LogP contribution in [-0.4, -0.2) is 38.3 Å². The Labute approximate surface area is 362 Å². The SMILES string of the molecule is CCC(C)(C)C(=O)Oc1c2ccccc2c(O)c2ccccc12.CCC(C)(C)C(=O)Oc1ccc(O)c2cc(O)ccc12.CCC(C)(C)C(=O)Oc1ccc(O)c2ccccc12. The molecule has 0 saturated heterocycles. The Balaban J connectivity index is 0.000000177. The summed E-state index contributed by atoms with van der Waals surface area (Å²) in [4.78, 5) is 36.8. The average Bonchev–Trinajstić information content (AvgIpc) is 3.27. The van der Waals surface area contributed by atoms with Crippen molar-refractivity contribution in [2.24, 2.45) is 16.2 Å². The minimum Gasteiger partial charge on any atom is -0.508 e. The molecule has 0 saturated carbocycles. The van der Waals surface area contributed by atoms with Crippen molar-refractivity contribution in [1.82, 2.24) is 0 Å². The van der Waals surface area contributed by atoms with Crippen LogP contribution in [0.1, 0.15) is 81.6 Å². The third-order valence-corrected chi connectivity index (χ3v) is 11.6. The predicted octanol–water partition coefficient (Wildman–Crippen LogP) is 12.5. The molecule has 0 heterocycles. The molecule has 0 aromatic heterocycles. The van der Waals surface area contributed by atoms with E-state index in [2.05, 4.69) is 0 Å². The Morgan fingerprint density at radius 2 is 0.774 bits per heavy atom. The maximum absolute atomic E-state index is 12.6. The van der Waals surface area contributed by atoms with Crippen LogP contribution in [0.25, 0.3) is 43.1 Å². The molecule has 0 radical (unpaired) electrons. The molecule has 4 N–H and O–H groups in total. The number of phenols is 4. The van der Waals surface area contributed by atoms with Crippen LogP contribution in [0.2, 0.25) is 0 Å². The lowest BCUT2D eigenvalue weighted by atomic mass is 9.90. The second-order valence-electron chi connectivity index (χ2n) is 17.1. The van der Waals surface area contributed by atoms with E-state index in [1.165, 1.54) is 18.2 Å². The molecule has 0 atom stereocenters. The van der Waals surface area contributed by atoms with Crippen LogP contribution in [0, 0.1) is 16.2 Å². The number of ether oxygens (including phenoxy) is 3. The standard InChI is InChI=1S/C20H20O3.C16H18O4.C16H18O3/c1-4-20(2,3)19(22)23-18-15-11-7-5-9-13(15)17(21)14-10-6-8-12-16(14)18;1-4-16(2,3)15(19)20-14-8-7-13(18)12-9-10(17)5-6-11(12)14;1-4-16(2,3)15(18)19-14-10-9-13(17)11-7-5-6-8-12(11)14/h5-12,21H,4H2,1-3H3;5-9,17-18H,4H2,1-3H3;5-10,17H,4H2,1-3H3. The number of aromatic hydroxyl groups is 4. The Hall–Kier alpha value is -6.81. The Morgan fingerprint density at radius 1 is 0.419 bits per heavy atom. The van der Waals surface area contributed by atoms with Gasteiger partial charge < -0.3 is 34.6 Å². The highest BCUT2D eigenvalue weighted by molar-refractivity contribution is 6.11. The average molecular weight is 841 g/mol. The fourth-order valence-electron chi connectivity index (χ4n) is 6.04. The lowest BCUT2D eigenvalue weighted by Gasteiger charge is -2.22. The minimum absolute atomic E-state index is 0.0328. The molecule has 62 heavy (non-hydrogen) atoms. The second kappa shape index (κ2) is 18.8. The topological polar surface area (TPSA) is 160 Å². The summed E-state index contributed by atoms with van der Waals surface area (Å²) in [6, 6.07) is 32.9. The van der Waals surface area contributed by atoms with Crippen LogP contribution in [0.15, 0.2) is 115 Å². The van der Waals surface area contributed by atoms with Crippen LogP contribution in [0.5, 0.6) is 40.2 Å². The summed E-state index contributed by atoms with van der Waals surface area (Å²) in [5, 5.41) is 44.9. The van der Waals surface area contributed by atoms with Gasteiger partial charge in [-0.3, -0.25) is 14.4 Å². The molecule has 0 unspecified atom stereocenters. The summed E-state index contributed by atoms with van der Waals surface area (Å²) >= 11 is 0. The third-order valence-electron chi connectivity index (χ3n) is 11.6. The van der Waals surface area contributed by atoms with Crippen LogP contribution >= 0.6 is 0 Å². The number of phenolic OH excluding ortho intramolecular Hbond substituents is 4. The van der Waals surface area contributed by atoms with E-state index in [0.717, 1.165) is 16.2 Å². The normalized spacial score (nSPS) is 11.6. The first kappa shape index (κ1) is 46.3. The van der Waals surface area contributed by atoms with E-state index in [0.29, 0.717) is 63.4 Å². The van der Waals surface area contributed by atoms with Gasteiger partial charge in [0.25, 0.3) is 0 Å². The molecule has 0 bridgehead atoms. The predicted molar refractivity (Wildman–Crippen MR) is 245 cm³/mol. The molecular weight excluding hydrogens is 785 g/mol. The summed E-state index contributed by atoms with van der Waals surface area (Å²) in [7, 11) is 0. The zero-order valence-electron chi connectivity index (χ0n) is 36.8. The van der Waals surface area contributed by atoms with Gasteiger partial charge in [-0.1, -0.05) is 93.6 Å². The van der Waals surface area contributed by atoms with Crippen molar-refractivity contribution in [3.05, 3.63) is 115 Å². The Kier molecular flexibility index (Phi) is 14.1. The molecule has 10 nitrogen and oxygen atoms in total. The molecule has 0 aliphatic carbocycles. The Bertz CT molecular complexity index is 2710. The summed E-state index contributed by atoms with van der Waals surface area (Å²) in [6.07, 6.45) is 2.07. The first-order valence-electron chi connectivity index (χ1n) is 20.7. The monoisotopic (exact) mass is 840 g/mol. The highest BCUT2D eigenvalue weighted by atomic mass is 16.5. The molecule has 7 aromatic rings. The number of rotatable bonds is 9. The van der Waals surface area contributed by atoms with E-state index in [1.54, 1.807) is 30.3 Å². The Morgan fingerprint density at radius 3 is 1.21 bits per heavy atom. The van der Waals surface area contributed by atoms with Crippen LogP contribution < -0.4 is 14.2 Å². The zero-order chi connectivity index (χ0) is 45.6. The van der Waals surface area contributed by atoms with E-state index < -0.39 is 16.2 Å². The summed E-state index contributed by atoms with van der Waals surface area (Å²) in [5.74, 6) is 1.02. The van der Waals surface area contributed by atoms with E-state index >= 15 is 0 Å². The fraction of sp³-hybridized carbons (Fsp3) is 0.288. The van der Waals surface area contributed by atoms with Crippen LogP contribution in [0.3, 0.4) is 0 Å². The zero-order valence-corrected chi connectivity index (χ0v) is 36.8. The number of carbonyl (C=O) groups is 3. The van der Waals surface area contributed by atoms with Gasteiger partial charge in [-0.25, -0.2) is 0 Å². The number of hydrogen-bond donors (Lipinski definition) is 4. The number of fused-ring (bicyclic) bond motifs is 4. The van der Waals surface area contributed by atoms with Gasteiger partial charge in [0.15, 0.2) is 0 Å². The molecule has 7 rings (SSSR count). The van der Waals surface area contributed by atoms with E-state index in [1.807, 2.05) is 129 Å². The number of hydrogen-bond acceptors (Lipinski definition) is 10. The van der Waals surface area contributed by atoms with Gasteiger partial charge in [-0.15, -0.1) is 0 Å².